The largest absolute Gasteiger partial charge is 0.491 e. The number of para-hydroxylation sites is 1. The van der Waals surface area contributed by atoms with Crippen LogP contribution in [-0.2, 0) is 19.5 Å². The average molecular weight is 410 g/mol. The number of fused-ring (bicyclic) bond motifs is 2. The molecule has 0 spiro atoms. The Morgan fingerprint density at radius 1 is 1.20 bits per heavy atom. The van der Waals surface area contributed by atoms with E-state index in [0.717, 1.165) is 23.2 Å². The van der Waals surface area contributed by atoms with Crippen molar-refractivity contribution in [3.8, 4) is 5.75 Å². The first-order valence-electron chi connectivity index (χ1n) is 9.83. The number of ether oxygens (including phenoxy) is 1. The molecule has 8 heteroatoms. The van der Waals surface area contributed by atoms with Gasteiger partial charge in [0.1, 0.15) is 23.9 Å². The van der Waals surface area contributed by atoms with Crippen molar-refractivity contribution in [2.75, 3.05) is 6.61 Å². The molecule has 154 valence electrons. The highest BCUT2D eigenvalue weighted by molar-refractivity contribution is 5.92. The predicted molar refractivity (Wildman–Crippen MR) is 105 cm³/mol. The van der Waals surface area contributed by atoms with Crippen LogP contribution >= 0.6 is 0 Å². The number of nitrogens with zero attached hydrogens (tertiary/aromatic N) is 2. The lowest BCUT2D eigenvalue weighted by molar-refractivity contribution is 0.0910. The summed E-state index contributed by atoms with van der Waals surface area (Å²) < 4.78 is 34.4. The Labute approximate surface area is 171 Å². The summed E-state index contributed by atoms with van der Waals surface area (Å²) >= 11 is 0. The van der Waals surface area contributed by atoms with Crippen molar-refractivity contribution in [2.45, 2.75) is 31.6 Å². The summed E-state index contributed by atoms with van der Waals surface area (Å²) in [5.41, 5.74) is 2.05. The van der Waals surface area contributed by atoms with Crippen molar-refractivity contribution in [1.82, 2.24) is 20.2 Å². The fourth-order valence-corrected chi connectivity index (χ4v) is 3.97. The van der Waals surface area contributed by atoms with Crippen molar-refractivity contribution in [3.05, 3.63) is 82.9 Å². The summed E-state index contributed by atoms with van der Waals surface area (Å²) in [5, 5.41) is 6.25. The molecule has 0 saturated carbocycles. The van der Waals surface area contributed by atoms with Crippen molar-refractivity contribution < 1.29 is 18.3 Å². The normalized spacial score (nSPS) is 20.1. The molecule has 2 aromatic carbocycles. The maximum absolute atomic E-state index is 13.6. The lowest BCUT2D eigenvalue weighted by Crippen LogP contribution is -2.42. The fraction of sp³-hybridized carbons (Fsp3) is 0.273. The van der Waals surface area contributed by atoms with Gasteiger partial charge in [0.25, 0.3) is 5.91 Å². The number of benzene rings is 2. The summed E-state index contributed by atoms with van der Waals surface area (Å²) in [6.45, 7) is 1.31. The number of carbonyl (C=O) groups is 1. The maximum Gasteiger partial charge on any atom is 0.271 e. The fourth-order valence-electron chi connectivity index (χ4n) is 3.97. The number of hydrogen-bond donors (Lipinski definition) is 2. The van der Waals surface area contributed by atoms with Gasteiger partial charge in [0.05, 0.1) is 18.6 Å². The van der Waals surface area contributed by atoms with Gasteiger partial charge in [-0.25, -0.2) is 13.8 Å². The molecule has 0 bridgehead atoms. The van der Waals surface area contributed by atoms with Gasteiger partial charge in [0.2, 0.25) is 0 Å². The van der Waals surface area contributed by atoms with E-state index in [4.69, 9.17) is 4.74 Å². The van der Waals surface area contributed by atoms with Gasteiger partial charge >= 0.3 is 0 Å². The Bertz CT molecular complexity index is 1110. The molecule has 2 aliphatic heterocycles. The molecule has 1 aromatic heterocycles. The van der Waals surface area contributed by atoms with Crippen LogP contribution in [0.15, 0.2) is 48.7 Å². The van der Waals surface area contributed by atoms with E-state index in [1.54, 1.807) is 12.3 Å². The highest BCUT2D eigenvalue weighted by Crippen LogP contribution is 2.25. The van der Waals surface area contributed by atoms with Crippen LogP contribution in [-0.4, -0.2) is 28.1 Å². The summed E-state index contributed by atoms with van der Waals surface area (Å²) in [6, 6.07) is 11.4. The third-order valence-electron chi connectivity index (χ3n) is 5.54. The Balaban J connectivity index is 1.27. The topological polar surface area (TPSA) is 68.2 Å². The number of carbonyl (C=O) groups excluding carboxylic acids is 1. The van der Waals surface area contributed by atoms with E-state index in [1.807, 2.05) is 28.8 Å². The van der Waals surface area contributed by atoms with E-state index in [0.29, 0.717) is 37.4 Å². The molecule has 0 fully saturated rings. The standard InChI is InChI=1S/C22H20F2N4O2/c23-16-6-5-13(8-17(16)24)18-10-28-11-19(27-21(28)9-25-18)22(29)26-15-7-14-3-1-2-4-20(14)30-12-15/h1-6,8,11,15,18,25H,7,9-10,12H2,(H,26,29)/t15-,18?/m1/s1. The Morgan fingerprint density at radius 2 is 2.07 bits per heavy atom. The van der Waals surface area contributed by atoms with Gasteiger partial charge in [-0.05, 0) is 35.7 Å². The molecule has 0 saturated heterocycles. The number of rotatable bonds is 3. The maximum atomic E-state index is 13.6. The van der Waals surface area contributed by atoms with Crippen LogP contribution in [0.25, 0.3) is 0 Å². The second-order valence-electron chi connectivity index (χ2n) is 7.60. The minimum absolute atomic E-state index is 0.126. The minimum Gasteiger partial charge on any atom is -0.491 e. The van der Waals surface area contributed by atoms with Crippen LogP contribution in [0.5, 0.6) is 5.75 Å². The van der Waals surface area contributed by atoms with Crippen molar-refractivity contribution in [1.29, 1.82) is 0 Å². The molecule has 2 aliphatic rings. The number of amides is 1. The van der Waals surface area contributed by atoms with Crippen LogP contribution in [0.2, 0.25) is 0 Å². The zero-order chi connectivity index (χ0) is 20.7. The lowest BCUT2D eigenvalue weighted by Gasteiger charge is -2.25. The molecule has 3 heterocycles. The molecule has 3 aromatic rings. The molecule has 0 radical (unpaired) electrons. The van der Waals surface area contributed by atoms with E-state index < -0.39 is 11.6 Å². The molecular formula is C22H20F2N4O2. The van der Waals surface area contributed by atoms with Crippen LogP contribution in [0.3, 0.4) is 0 Å². The van der Waals surface area contributed by atoms with Gasteiger partial charge in [-0.1, -0.05) is 24.3 Å². The number of nitrogens with one attached hydrogen (secondary N) is 2. The first-order chi connectivity index (χ1) is 14.6. The quantitative estimate of drug-likeness (QED) is 0.697. The van der Waals surface area contributed by atoms with E-state index in [9.17, 15) is 13.6 Å². The molecular weight excluding hydrogens is 390 g/mol. The van der Waals surface area contributed by atoms with E-state index in [1.165, 1.54) is 6.07 Å². The van der Waals surface area contributed by atoms with Crippen LogP contribution < -0.4 is 15.4 Å². The zero-order valence-electron chi connectivity index (χ0n) is 16.1. The highest BCUT2D eigenvalue weighted by Gasteiger charge is 2.26. The summed E-state index contributed by atoms with van der Waals surface area (Å²) in [5.74, 6) is -0.415. The van der Waals surface area contributed by atoms with Gasteiger partial charge in [0.15, 0.2) is 11.6 Å². The van der Waals surface area contributed by atoms with E-state index in [-0.39, 0.29) is 18.0 Å². The SMILES string of the molecule is O=C(N[C@H]1COc2ccccc2C1)c1cn2c(n1)CNC(c1ccc(F)c(F)c1)C2. The first kappa shape index (κ1) is 18.7. The van der Waals surface area contributed by atoms with Gasteiger partial charge in [0, 0.05) is 12.7 Å². The van der Waals surface area contributed by atoms with Gasteiger partial charge in [-0.3, -0.25) is 4.79 Å². The first-order valence-corrected chi connectivity index (χ1v) is 9.83. The third-order valence-corrected chi connectivity index (χ3v) is 5.54. The number of halogens is 2. The van der Waals surface area contributed by atoms with Crippen LogP contribution in [0, 0.1) is 11.6 Å². The van der Waals surface area contributed by atoms with Crippen molar-refractivity contribution in [3.63, 3.8) is 0 Å². The smallest absolute Gasteiger partial charge is 0.271 e. The Kier molecular flexibility index (Phi) is 4.71. The van der Waals surface area contributed by atoms with Gasteiger partial charge < -0.3 is 19.9 Å². The second kappa shape index (κ2) is 7.53. The molecule has 1 amide bonds. The number of aromatic nitrogens is 2. The number of imidazole rings is 1. The van der Waals surface area contributed by atoms with Crippen molar-refractivity contribution in [2.24, 2.45) is 0 Å². The lowest BCUT2D eigenvalue weighted by atomic mass is 10.0. The van der Waals surface area contributed by atoms with Gasteiger partial charge in [-0.15, -0.1) is 0 Å². The molecule has 6 nitrogen and oxygen atoms in total. The molecule has 5 rings (SSSR count). The Morgan fingerprint density at radius 3 is 2.93 bits per heavy atom. The Hall–Kier alpha value is -3.26. The molecule has 30 heavy (non-hydrogen) atoms. The monoisotopic (exact) mass is 410 g/mol. The number of hydrogen-bond acceptors (Lipinski definition) is 4. The van der Waals surface area contributed by atoms with E-state index in [2.05, 4.69) is 15.6 Å². The van der Waals surface area contributed by atoms with E-state index >= 15 is 0 Å². The molecule has 1 unspecified atom stereocenters. The highest BCUT2D eigenvalue weighted by atomic mass is 19.2. The molecule has 2 atom stereocenters. The summed E-state index contributed by atoms with van der Waals surface area (Å²) in [6.07, 6.45) is 2.41. The summed E-state index contributed by atoms with van der Waals surface area (Å²) in [7, 11) is 0. The summed E-state index contributed by atoms with van der Waals surface area (Å²) in [4.78, 5) is 17.2. The van der Waals surface area contributed by atoms with Crippen LogP contribution in [0.1, 0.15) is 33.5 Å². The zero-order valence-corrected chi connectivity index (χ0v) is 16.1. The molecule has 0 aliphatic carbocycles. The van der Waals surface area contributed by atoms with Crippen molar-refractivity contribution >= 4 is 5.91 Å². The average Bonchev–Trinajstić information content (AvgIpc) is 3.19. The minimum atomic E-state index is -0.873. The predicted octanol–water partition coefficient (Wildman–Crippen LogP) is 2.74. The third kappa shape index (κ3) is 3.54. The van der Waals surface area contributed by atoms with Gasteiger partial charge in [-0.2, -0.15) is 0 Å². The van der Waals surface area contributed by atoms with Crippen LogP contribution in [0.4, 0.5) is 8.78 Å². The molecule has 2 N–H and O–H groups in total. The second-order valence-corrected chi connectivity index (χ2v) is 7.60.